The number of para-hydroxylation sites is 1. The van der Waals surface area contributed by atoms with E-state index in [1.54, 1.807) is 6.20 Å². The van der Waals surface area contributed by atoms with E-state index in [2.05, 4.69) is 10.4 Å². The van der Waals surface area contributed by atoms with Gasteiger partial charge in [0.1, 0.15) is 5.75 Å². The van der Waals surface area contributed by atoms with Crippen LogP contribution in [0.1, 0.15) is 17.7 Å². The predicted octanol–water partition coefficient (Wildman–Crippen LogP) is 1.72. The van der Waals surface area contributed by atoms with Gasteiger partial charge in [-0.2, -0.15) is 5.10 Å². The SMILES string of the molecule is Cn1nccc1CCNC(=O)[C@@H]1CCOc2ccccc2C1. The first-order valence-corrected chi connectivity index (χ1v) is 7.69. The second-order valence-electron chi connectivity index (χ2n) is 5.63. The molecule has 0 unspecified atom stereocenters. The van der Waals surface area contributed by atoms with Crippen LogP contribution in [0.25, 0.3) is 0 Å². The Labute approximate surface area is 130 Å². The maximum Gasteiger partial charge on any atom is 0.223 e. The van der Waals surface area contributed by atoms with Gasteiger partial charge in [0.25, 0.3) is 0 Å². The van der Waals surface area contributed by atoms with Crippen molar-refractivity contribution in [3.63, 3.8) is 0 Å². The van der Waals surface area contributed by atoms with Crippen molar-refractivity contribution >= 4 is 5.91 Å². The summed E-state index contributed by atoms with van der Waals surface area (Å²) in [7, 11) is 1.91. The lowest BCUT2D eigenvalue weighted by Gasteiger charge is -2.14. The summed E-state index contributed by atoms with van der Waals surface area (Å²) in [5.41, 5.74) is 2.24. The molecule has 0 bridgehead atoms. The number of hydrogen-bond acceptors (Lipinski definition) is 3. The zero-order chi connectivity index (χ0) is 15.4. The highest BCUT2D eigenvalue weighted by molar-refractivity contribution is 5.79. The number of benzene rings is 1. The Morgan fingerprint density at radius 1 is 1.41 bits per heavy atom. The van der Waals surface area contributed by atoms with Gasteiger partial charge in [-0.15, -0.1) is 0 Å². The third-order valence-electron chi connectivity index (χ3n) is 4.14. The summed E-state index contributed by atoms with van der Waals surface area (Å²) in [4.78, 5) is 12.4. The fraction of sp³-hybridized carbons (Fsp3) is 0.412. The van der Waals surface area contributed by atoms with Crippen molar-refractivity contribution in [2.45, 2.75) is 19.3 Å². The van der Waals surface area contributed by atoms with Gasteiger partial charge in [0.2, 0.25) is 5.91 Å². The molecule has 0 fully saturated rings. The Morgan fingerprint density at radius 2 is 2.27 bits per heavy atom. The van der Waals surface area contributed by atoms with Crippen LogP contribution in [-0.4, -0.2) is 28.8 Å². The summed E-state index contributed by atoms with van der Waals surface area (Å²) in [5.74, 6) is 1.00. The Morgan fingerprint density at radius 3 is 3.09 bits per heavy atom. The van der Waals surface area contributed by atoms with Crippen LogP contribution in [0, 0.1) is 5.92 Å². The van der Waals surface area contributed by atoms with E-state index in [-0.39, 0.29) is 11.8 Å². The van der Waals surface area contributed by atoms with E-state index in [1.165, 1.54) is 0 Å². The van der Waals surface area contributed by atoms with Crippen LogP contribution in [-0.2, 0) is 24.7 Å². The van der Waals surface area contributed by atoms with Crippen molar-refractivity contribution in [1.82, 2.24) is 15.1 Å². The third-order valence-corrected chi connectivity index (χ3v) is 4.14. The molecule has 0 saturated carbocycles. The summed E-state index contributed by atoms with van der Waals surface area (Å²) in [6.07, 6.45) is 4.07. The first-order valence-electron chi connectivity index (χ1n) is 7.69. The van der Waals surface area contributed by atoms with Crippen LogP contribution in [0.15, 0.2) is 36.5 Å². The number of carbonyl (C=O) groups excluding carboxylic acids is 1. The highest BCUT2D eigenvalue weighted by atomic mass is 16.5. The smallest absolute Gasteiger partial charge is 0.223 e. The summed E-state index contributed by atoms with van der Waals surface area (Å²) in [6, 6.07) is 9.94. The van der Waals surface area contributed by atoms with Crippen molar-refractivity contribution in [3.05, 3.63) is 47.8 Å². The predicted molar refractivity (Wildman–Crippen MR) is 83.7 cm³/mol. The van der Waals surface area contributed by atoms with Gasteiger partial charge in [0.05, 0.1) is 6.61 Å². The number of hydrogen-bond donors (Lipinski definition) is 1. The van der Waals surface area contributed by atoms with Crippen LogP contribution in [0.4, 0.5) is 0 Å². The molecule has 1 aliphatic rings. The monoisotopic (exact) mass is 299 g/mol. The van der Waals surface area contributed by atoms with E-state index in [0.717, 1.165) is 36.3 Å². The lowest BCUT2D eigenvalue weighted by molar-refractivity contribution is -0.125. The maximum atomic E-state index is 12.4. The zero-order valence-electron chi connectivity index (χ0n) is 12.8. The van der Waals surface area contributed by atoms with Gasteiger partial charge >= 0.3 is 0 Å². The molecule has 0 aliphatic carbocycles. The van der Waals surface area contributed by atoms with Crippen molar-refractivity contribution in [1.29, 1.82) is 0 Å². The number of aryl methyl sites for hydroxylation is 1. The normalized spacial score (nSPS) is 17.2. The number of amides is 1. The number of rotatable bonds is 4. The number of fused-ring (bicyclic) bond motifs is 1. The largest absolute Gasteiger partial charge is 0.493 e. The first kappa shape index (κ1) is 14.6. The second-order valence-corrected chi connectivity index (χ2v) is 5.63. The van der Waals surface area contributed by atoms with Gasteiger partial charge in [-0.05, 0) is 30.5 Å². The van der Waals surface area contributed by atoms with Crippen LogP contribution in [0.2, 0.25) is 0 Å². The molecule has 2 aromatic rings. The molecule has 2 heterocycles. The fourth-order valence-corrected chi connectivity index (χ4v) is 2.82. The van der Waals surface area contributed by atoms with Crippen molar-refractivity contribution in [3.8, 4) is 5.75 Å². The number of ether oxygens (including phenoxy) is 1. The number of carbonyl (C=O) groups is 1. The molecular formula is C17H21N3O2. The number of nitrogens with zero attached hydrogens (tertiary/aromatic N) is 2. The lowest BCUT2D eigenvalue weighted by atomic mass is 9.96. The number of nitrogens with one attached hydrogen (secondary N) is 1. The second kappa shape index (κ2) is 6.64. The minimum Gasteiger partial charge on any atom is -0.493 e. The van der Waals surface area contributed by atoms with E-state index in [9.17, 15) is 4.79 Å². The quantitative estimate of drug-likeness (QED) is 0.935. The van der Waals surface area contributed by atoms with Crippen LogP contribution in [0.3, 0.4) is 0 Å². The Balaban J connectivity index is 1.55. The highest BCUT2D eigenvalue weighted by Crippen LogP contribution is 2.26. The van der Waals surface area contributed by atoms with E-state index in [4.69, 9.17) is 4.74 Å². The topological polar surface area (TPSA) is 56.2 Å². The zero-order valence-corrected chi connectivity index (χ0v) is 12.8. The molecule has 1 aliphatic heterocycles. The van der Waals surface area contributed by atoms with Crippen LogP contribution in [0.5, 0.6) is 5.75 Å². The summed E-state index contributed by atoms with van der Waals surface area (Å²) < 4.78 is 7.55. The van der Waals surface area contributed by atoms with Gasteiger partial charge in [-0.3, -0.25) is 9.48 Å². The Bertz CT molecular complexity index is 651. The van der Waals surface area contributed by atoms with E-state index in [1.807, 2.05) is 42.1 Å². The fourth-order valence-electron chi connectivity index (χ4n) is 2.82. The van der Waals surface area contributed by atoms with Crippen LogP contribution < -0.4 is 10.1 Å². The minimum absolute atomic E-state index is 0.0183. The first-order chi connectivity index (χ1) is 10.7. The van der Waals surface area contributed by atoms with Crippen molar-refractivity contribution in [2.24, 2.45) is 13.0 Å². The number of aromatic nitrogens is 2. The molecule has 1 aromatic carbocycles. The molecule has 1 N–H and O–H groups in total. The van der Waals surface area contributed by atoms with Crippen LogP contribution >= 0.6 is 0 Å². The minimum atomic E-state index is -0.0183. The average molecular weight is 299 g/mol. The Kier molecular flexibility index (Phi) is 4.42. The van der Waals surface area contributed by atoms with Gasteiger partial charge in [-0.25, -0.2) is 0 Å². The van der Waals surface area contributed by atoms with Gasteiger partial charge in [-0.1, -0.05) is 18.2 Å². The molecule has 5 nitrogen and oxygen atoms in total. The summed E-state index contributed by atoms with van der Waals surface area (Å²) in [6.45, 7) is 1.23. The van der Waals surface area contributed by atoms with Gasteiger partial charge in [0.15, 0.2) is 0 Å². The Hall–Kier alpha value is -2.30. The molecule has 1 aromatic heterocycles. The van der Waals surface area contributed by atoms with Crippen molar-refractivity contribution in [2.75, 3.05) is 13.2 Å². The molecule has 116 valence electrons. The van der Waals surface area contributed by atoms with Gasteiger partial charge in [0, 0.05) is 37.8 Å². The standard InChI is InChI=1S/C17H21N3O2/c1-20-15(7-10-19-20)6-9-18-17(21)14-8-11-22-16-5-3-2-4-13(16)12-14/h2-5,7,10,14H,6,8-9,11-12H2,1H3,(H,18,21)/t14-/m1/s1. The third kappa shape index (κ3) is 3.30. The maximum absolute atomic E-state index is 12.4. The molecule has 1 atom stereocenters. The summed E-state index contributed by atoms with van der Waals surface area (Å²) >= 11 is 0. The van der Waals surface area contributed by atoms with E-state index >= 15 is 0 Å². The molecule has 0 saturated heterocycles. The average Bonchev–Trinajstić information content (AvgIpc) is 2.81. The molecule has 3 rings (SSSR count). The molecule has 0 radical (unpaired) electrons. The molecule has 5 heteroatoms. The molecule has 0 spiro atoms. The summed E-state index contributed by atoms with van der Waals surface area (Å²) in [5, 5.41) is 7.17. The van der Waals surface area contributed by atoms with E-state index in [0.29, 0.717) is 13.2 Å². The van der Waals surface area contributed by atoms with E-state index < -0.39 is 0 Å². The molecular weight excluding hydrogens is 278 g/mol. The van der Waals surface area contributed by atoms with Gasteiger partial charge < -0.3 is 10.1 Å². The lowest BCUT2D eigenvalue weighted by Crippen LogP contribution is -2.33. The molecule has 22 heavy (non-hydrogen) atoms. The highest BCUT2D eigenvalue weighted by Gasteiger charge is 2.23. The van der Waals surface area contributed by atoms with Crippen molar-refractivity contribution < 1.29 is 9.53 Å². The molecule has 1 amide bonds.